The molecular formula is C15H23BrFNO. The molecule has 4 heteroatoms. The lowest BCUT2D eigenvalue weighted by Crippen LogP contribution is -2.15. The SMILES string of the molecule is CCCNCCCCCCOc1ccc(Br)cc1F. The Morgan fingerprint density at radius 1 is 1.16 bits per heavy atom. The molecular weight excluding hydrogens is 309 g/mol. The van der Waals surface area contributed by atoms with Crippen molar-refractivity contribution in [1.29, 1.82) is 0 Å². The van der Waals surface area contributed by atoms with Crippen LogP contribution in [0.2, 0.25) is 0 Å². The molecule has 0 aliphatic rings. The van der Waals surface area contributed by atoms with Crippen LogP contribution < -0.4 is 10.1 Å². The third kappa shape index (κ3) is 7.53. The van der Waals surface area contributed by atoms with Gasteiger partial charge in [0.1, 0.15) is 0 Å². The largest absolute Gasteiger partial charge is 0.491 e. The molecule has 0 aromatic heterocycles. The second-order valence-electron chi connectivity index (χ2n) is 4.59. The molecule has 0 aliphatic carbocycles. The molecule has 0 amide bonds. The number of ether oxygens (including phenoxy) is 1. The van der Waals surface area contributed by atoms with Gasteiger partial charge in [0, 0.05) is 4.47 Å². The van der Waals surface area contributed by atoms with Crippen molar-refractivity contribution in [3.8, 4) is 5.75 Å². The van der Waals surface area contributed by atoms with E-state index in [1.807, 2.05) is 0 Å². The van der Waals surface area contributed by atoms with Gasteiger partial charge < -0.3 is 10.1 Å². The van der Waals surface area contributed by atoms with Gasteiger partial charge in [-0.2, -0.15) is 0 Å². The molecule has 0 atom stereocenters. The molecule has 2 nitrogen and oxygen atoms in total. The molecule has 1 rings (SSSR count). The number of unbranched alkanes of at least 4 members (excludes halogenated alkanes) is 3. The minimum absolute atomic E-state index is 0.307. The van der Waals surface area contributed by atoms with Crippen LogP contribution in [0.1, 0.15) is 39.0 Å². The van der Waals surface area contributed by atoms with Crippen LogP contribution in [0.5, 0.6) is 5.75 Å². The summed E-state index contributed by atoms with van der Waals surface area (Å²) in [6.07, 6.45) is 5.69. The molecule has 0 bridgehead atoms. The van der Waals surface area contributed by atoms with Crippen LogP contribution >= 0.6 is 15.9 Å². The van der Waals surface area contributed by atoms with Gasteiger partial charge in [-0.15, -0.1) is 0 Å². The first-order chi connectivity index (χ1) is 9.24. The lowest BCUT2D eigenvalue weighted by atomic mass is 10.2. The standard InChI is InChI=1S/C15H23BrFNO/c1-2-9-18-10-5-3-4-6-11-19-15-8-7-13(16)12-14(15)17/h7-8,12,18H,2-6,9-11H2,1H3. The van der Waals surface area contributed by atoms with E-state index in [9.17, 15) is 4.39 Å². The molecule has 0 saturated heterocycles. The summed E-state index contributed by atoms with van der Waals surface area (Å²) in [7, 11) is 0. The summed E-state index contributed by atoms with van der Waals surface area (Å²) in [4.78, 5) is 0. The highest BCUT2D eigenvalue weighted by molar-refractivity contribution is 9.10. The van der Waals surface area contributed by atoms with Gasteiger partial charge in [-0.05, 0) is 50.6 Å². The molecule has 0 unspecified atom stereocenters. The van der Waals surface area contributed by atoms with Gasteiger partial charge in [0.05, 0.1) is 6.61 Å². The van der Waals surface area contributed by atoms with E-state index in [2.05, 4.69) is 28.2 Å². The molecule has 0 heterocycles. The summed E-state index contributed by atoms with van der Waals surface area (Å²) < 4.78 is 19.6. The fraction of sp³-hybridized carbons (Fsp3) is 0.600. The zero-order valence-electron chi connectivity index (χ0n) is 11.6. The summed E-state index contributed by atoms with van der Waals surface area (Å²) in [5.41, 5.74) is 0. The van der Waals surface area contributed by atoms with Crippen molar-refractivity contribution in [2.24, 2.45) is 0 Å². The van der Waals surface area contributed by atoms with Gasteiger partial charge in [-0.25, -0.2) is 4.39 Å². The van der Waals surface area contributed by atoms with Crippen molar-refractivity contribution in [2.45, 2.75) is 39.0 Å². The normalized spacial score (nSPS) is 10.7. The molecule has 0 aliphatic heterocycles. The maximum absolute atomic E-state index is 13.4. The van der Waals surface area contributed by atoms with Crippen LogP contribution in [-0.2, 0) is 0 Å². The first-order valence-electron chi connectivity index (χ1n) is 7.02. The Kier molecular flexibility index (Phi) is 8.84. The average Bonchev–Trinajstić information content (AvgIpc) is 2.39. The van der Waals surface area contributed by atoms with Crippen molar-refractivity contribution in [3.05, 3.63) is 28.5 Å². The Labute approximate surface area is 123 Å². The van der Waals surface area contributed by atoms with E-state index in [1.165, 1.54) is 25.3 Å². The fourth-order valence-electron chi connectivity index (χ4n) is 1.78. The molecule has 0 radical (unpaired) electrons. The third-order valence-corrected chi connectivity index (χ3v) is 3.32. The van der Waals surface area contributed by atoms with Gasteiger partial charge >= 0.3 is 0 Å². The summed E-state index contributed by atoms with van der Waals surface area (Å²) in [5.74, 6) is 0.0333. The lowest BCUT2D eigenvalue weighted by Gasteiger charge is -2.07. The van der Waals surface area contributed by atoms with Gasteiger partial charge in [-0.1, -0.05) is 35.7 Å². The number of rotatable bonds is 10. The molecule has 1 N–H and O–H groups in total. The summed E-state index contributed by atoms with van der Waals surface area (Å²) in [6, 6.07) is 4.88. The highest BCUT2D eigenvalue weighted by atomic mass is 79.9. The van der Waals surface area contributed by atoms with Crippen molar-refractivity contribution >= 4 is 15.9 Å². The quantitative estimate of drug-likeness (QED) is 0.636. The minimum Gasteiger partial charge on any atom is -0.491 e. The second-order valence-corrected chi connectivity index (χ2v) is 5.50. The van der Waals surface area contributed by atoms with Crippen LogP contribution in [-0.4, -0.2) is 19.7 Å². The highest BCUT2D eigenvalue weighted by Crippen LogP contribution is 2.21. The average molecular weight is 332 g/mol. The predicted molar refractivity (Wildman–Crippen MR) is 81.2 cm³/mol. The van der Waals surface area contributed by atoms with Crippen molar-refractivity contribution < 1.29 is 9.13 Å². The first kappa shape index (κ1) is 16.4. The molecule has 0 fully saturated rings. The number of halogens is 2. The highest BCUT2D eigenvalue weighted by Gasteiger charge is 2.03. The molecule has 0 spiro atoms. The van der Waals surface area contributed by atoms with E-state index >= 15 is 0 Å². The molecule has 1 aromatic carbocycles. The van der Waals surface area contributed by atoms with E-state index < -0.39 is 0 Å². The zero-order valence-corrected chi connectivity index (χ0v) is 13.1. The number of nitrogens with one attached hydrogen (secondary N) is 1. The number of hydrogen-bond acceptors (Lipinski definition) is 2. The maximum Gasteiger partial charge on any atom is 0.166 e. The second kappa shape index (κ2) is 10.2. The van der Waals surface area contributed by atoms with E-state index in [1.54, 1.807) is 12.1 Å². The van der Waals surface area contributed by atoms with Gasteiger partial charge in [-0.3, -0.25) is 0 Å². The Morgan fingerprint density at radius 2 is 1.95 bits per heavy atom. The Balaban J connectivity index is 2.01. The number of benzene rings is 1. The first-order valence-corrected chi connectivity index (χ1v) is 7.82. The van der Waals surface area contributed by atoms with E-state index in [0.717, 1.165) is 30.4 Å². The molecule has 1 aromatic rings. The summed E-state index contributed by atoms with van der Waals surface area (Å²) >= 11 is 3.22. The number of hydrogen-bond donors (Lipinski definition) is 1. The minimum atomic E-state index is -0.307. The van der Waals surface area contributed by atoms with E-state index in [0.29, 0.717) is 12.4 Å². The van der Waals surface area contributed by atoms with Crippen LogP contribution in [0.3, 0.4) is 0 Å². The third-order valence-electron chi connectivity index (χ3n) is 2.83. The zero-order chi connectivity index (χ0) is 13.9. The fourth-order valence-corrected chi connectivity index (χ4v) is 2.11. The summed E-state index contributed by atoms with van der Waals surface area (Å²) in [6.45, 7) is 4.95. The van der Waals surface area contributed by atoms with Gasteiger partial charge in [0.15, 0.2) is 11.6 Å². The van der Waals surface area contributed by atoms with Crippen LogP contribution in [0.25, 0.3) is 0 Å². The van der Waals surface area contributed by atoms with Crippen molar-refractivity contribution in [1.82, 2.24) is 5.32 Å². The Morgan fingerprint density at radius 3 is 2.68 bits per heavy atom. The van der Waals surface area contributed by atoms with Crippen LogP contribution in [0.15, 0.2) is 22.7 Å². The van der Waals surface area contributed by atoms with Crippen LogP contribution in [0.4, 0.5) is 4.39 Å². The Bertz CT molecular complexity index is 360. The molecule has 0 saturated carbocycles. The molecule has 19 heavy (non-hydrogen) atoms. The maximum atomic E-state index is 13.4. The van der Waals surface area contributed by atoms with Crippen LogP contribution in [0, 0.1) is 5.82 Å². The topological polar surface area (TPSA) is 21.3 Å². The van der Waals surface area contributed by atoms with Crippen molar-refractivity contribution in [3.63, 3.8) is 0 Å². The van der Waals surface area contributed by atoms with Gasteiger partial charge in [0.25, 0.3) is 0 Å². The van der Waals surface area contributed by atoms with E-state index in [-0.39, 0.29) is 5.82 Å². The monoisotopic (exact) mass is 331 g/mol. The lowest BCUT2D eigenvalue weighted by molar-refractivity contribution is 0.290. The van der Waals surface area contributed by atoms with Gasteiger partial charge in [0.2, 0.25) is 0 Å². The predicted octanol–water partition coefficient (Wildman–Crippen LogP) is 4.53. The van der Waals surface area contributed by atoms with Crippen molar-refractivity contribution in [2.75, 3.05) is 19.7 Å². The van der Waals surface area contributed by atoms with E-state index in [4.69, 9.17) is 4.74 Å². The smallest absolute Gasteiger partial charge is 0.166 e. The molecule has 108 valence electrons. The summed E-state index contributed by atoms with van der Waals surface area (Å²) in [5, 5.41) is 3.38. The Hall–Kier alpha value is -0.610.